The van der Waals surface area contributed by atoms with E-state index in [4.69, 9.17) is 9.72 Å². The van der Waals surface area contributed by atoms with Crippen LogP contribution in [0.5, 0.6) is 11.5 Å². The summed E-state index contributed by atoms with van der Waals surface area (Å²) in [5.41, 5.74) is 1.67. The molecule has 4 aromatic rings. The second-order valence-electron chi connectivity index (χ2n) is 7.22. The lowest BCUT2D eigenvalue weighted by Crippen LogP contribution is -3.10. The Labute approximate surface area is 179 Å². The van der Waals surface area contributed by atoms with Gasteiger partial charge >= 0.3 is 0 Å². The van der Waals surface area contributed by atoms with Gasteiger partial charge in [-0.25, -0.2) is 4.98 Å². The molecule has 0 spiro atoms. The van der Waals surface area contributed by atoms with Gasteiger partial charge in [-0.2, -0.15) is 0 Å². The Bertz CT molecular complexity index is 1110. The molecule has 0 aliphatic carbocycles. The van der Waals surface area contributed by atoms with Crippen LogP contribution in [0.4, 0.5) is 5.69 Å². The van der Waals surface area contributed by atoms with Gasteiger partial charge in [0.2, 0.25) is 0 Å². The number of hydrogen-bond acceptors (Lipinski definition) is 4. The molecule has 6 heteroatoms. The van der Waals surface area contributed by atoms with Gasteiger partial charge in [0.1, 0.15) is 11.8 Å². The monoisotopic (exact) mass is 418 g/mol. The SMILES string of the molecule is C[C@H](c1nc2ccccc2s1)[NH+](C)CC(=O)Nc1ccccc1Oc1ccccc1. The fraction of sp³-hybridized carbons (Fsp3) is 0.167. The highest BCUT2D eigenvalue weighted by Crippen LogP contribution is 2.29. The number of carbonyl (C=O) groups is 1. The molecule has 2 N–H and O–H groups in total. The fourth-order valence-corrected chi connectivity index (χ4v) is 4.27. The minimum absolute atomic E-state index is 0.0652. The van der Waals surface area contributed by atoms with E-state index in [1.54, 1.807) is 11.3 Å². The number of rotatable bonds is 7. The van der Waals surface area contributed by atoms with Crippen LogP contribution in [0.1, 0.15) is 18.0 Å². The van der Waals surface area contributed by atoms with E-state index in [9.17, 15) is 4.79 Å². The Morgan fingerprint density at radius 2 is 1.73 bits per heavy atom. The lowest BCUT2D eigenvalue weighted by molar-refractivity contribution is -0.902. The number of anilines is 1. The van der Waals surface area contributed by atoms with Gasteiger partial charge in [-0.3, -0.25) is 4.79 Å². The summed E-state index contributed by atoms with van der Waals surface area (Å²) in [5, 5.41) is 4.03. The summed E-state index contributed by atoms with van der Waals surface area (Å²) in [6.07, 6.45) is 0. The van der Waals surface area contributed by atoms with Crippen LogP contribution in [0.25, 0.3) is 10.2 Å². The van der Waals surface area contributed by atoms with Crippen LogP contribution in [-0.2, 0) is 4.79 Å². The topological polar surface area (TPSA) is 55.7 Å². The maximum absolute atomic E-state index is 12.7. The number of fused-ring (bicyclic) bond motifs is 1. The van der Waals surface area contributed by atoms with Crippen molar-refractivity contribution in [3.63, 3.8) is 0 Å². The van der Waals surface area contributed by atoms with Crippen molar-refractivity contribution >= 4 is 33.1 Å². The number of benzene rings is 3. The molecule has 3 aromatic carbocycles. The van der Waals surface area contributed by atoms with Gasteiger partial charge in [0.15, 0.2) is 17.3 Å². The Balaban J connectivity index is 1.42. The van der Waals surface area contributed by atoms with Crippen LogP contribution < -0.4 is 15.0 Å². The minimum atomic E-state index is -0.0652. The number of aromatic nitrogens is 1. The molecule has 0 fully saturated rings. The minimum Gasteiger partial charge on any atom is -0.455 e. The average molecular weight is 419 g/mol. The maximum atomic E-state index is 12.7. The van der Waals surface area contributed by atoms with E-state index in [-0.39, 0.29) is 11.9 Å². The maximum Gasteiger partial charge on any atom is 0.279 e. The van der Waals surface area contributed by atoms with Crippen molar-refractivity contribution in [2.75, 3.05) is 18.9 Å². The summed E-state index contributed by atoms with van der Waals surface area (Å²) in [6.45, 7) is 2.43. The molecule has 0 bridgehead atoms. The summed E-state index contributed by atoms with van der Waals surface area (Å²) in [5.74, 6) is 1.28. The van der Waals surface area contributed by atoms with Crippen LogP contribution in [0, 0.1) is 0 Å². The van der Waals surface area contributed by atoms with E-state index in [1.165, 1.54) is 4.70 Å². The normalized spacial score (nSPS) is 13.0. The van der Waals surface area contributed by atoms with Crippen LogP contribution in [-0.4, -0.2) is 24.5 Å². The summed E-state index contributed by atoms with van der Waals surface area (Å²) >= 11 is 1.68. The number of likely N-dealkylation sites (N-methyl/N-ethyl adjacent to an activating group) is 1. The molecule has 4 rings (SSSR count). The molecule has 0 radical (unpaired) electrons. The number of nitrogens with zero attached hydrogens (tertiary/aromatic N) is 1. The molecule has 152 valence electrons. The van der Waals surface area contributed by atoms with Gasteiger partial charge in [-0.1, -0.05) is 42.5 Å². The lowest BCUT2D eigenvalue weighted by atomic mass is 10.2. The zero-order chi connectivity index (χ0) is 20.9. The quantitative estimate of drug-likeness (QED) is 0.470. The van der Waals surface area contributed by atoms with Crippen molar-refractivity contribution in [3.05, 3.63) is 83.9 Å². The Kier molecular flexibility index (Phi) is 6.07. The van der Waals surface area contributed by atoms with E-state index in [2.05, 4.69) is 18.3 Å². The smallest absolute Gasteiger partial charge is 0.279 e. The number of nitrogens with one attached hydrogen (secondary N) is 2. The highest BCUT2D eigenvalue weighted by molar-refractivity contribution is 7.18. The van der Waals surface area contributed by atoms with Gasteiger partial charge < -0.3 is 15.0 Å². The number of hydrogen-bond donors (Lipinski definition) is 2. The molecule has 1 amide bonds. The molecule has 1 unspecified atom stereocenters. The highest BCUT2D eigenvalue weighted by atomic mass is 32.1. The van der Waals surface area contributed by atoms with Crippen molar-refractivity contribution in [1.29, 1.82) is 0 Å². The number of amides is 1. The fourth-order valence-electron chi connectivity index (χ4n) is 3.16. The first-order valence-electron chi connectivity index (χ1n) is 9.90. The first kappa shape index (κ1) is 20.1. The zero-order valence-corrected chi connectivity index (χ0v) is 17.8. The van der Waals surface area contributed by atoms with Crippen molar-refractivity contribution in [3.8, 4) is 11.5 Å². The first-order chi connectivity index (χ1) is 14.6. The van der Waals surface area contributed by atoms with E-state index >= 15 is 0 Å². The molecule has 1 aromatic heterocycles. The van der Waals surface area contributed by atoms with Crippen molar-refractivity contribution < 1.29 is 14.4 Å². The molecule has 0 saturated heterocycles. The van der Waals surface area contributed by atoms with Crippen molar-refractivity contribution in [2.24, 2.45) is 0 Å². The third-order valence-electron chi connectivity index (χ3n) is 4.99. The predicted molar refractivity (Wildman–Crippen MR) is 121 cm³/mol. The Morgan fingerprint density at radius 1 is 1.03 bits per heavy atom. The summed E-state index contributed by atoms with van der Waals surface area (Å²) in [4.78, 5) is 18.5. The zero-order valence-electron chi connectivity index (χ0n) is 17.0. The van der Waals surface area contributed by atoms with Crippen molar-refractivity contribution in [1.82, 2.24) is 4.98 Å². The van der Waals surface area contributed by atoms with E-state index in [0.717, 1.165) is 21.2 Å². The van der Waals surface area contributed by atoms with Crippen LogP contribution in [0.2, 0.25) is 0 Å². The number of ether oxygens (including phenoxy) is 1. The van der Waals surface area contributed by atoms with Crippen LogP contribution in [0.3, 0.4) is 0 Å². The largest absolute Gasteiger partial charge is 0.455 e. The highest BCUT2D eigenvalue weighted by Gasteiger charge is 2.22. The second-order valence-corrected chi connectivity index (χ2v) is 8.29. The molecule has 30 heavy (non-hydrogen) atoms. The number of quaternary nitrogens is 1. The number of thiazole rings is 1. The molecule has 0 aliphatic rings. The van der Waals surface area contributed by atoms with Crippen LogP contribution in [0.15, 0.2) is 78.9 Å². The standard InChI is InChI=1S/C24H23N3O2S/c1-17(24-26-20-13-7-9-15-22(20)30-24)27(2)16-23(28)25-19-12-6-8-14-21(19)29-18-10-4-3-5-11-18/h3-15,17H,16H2,1-2H3,(H,25,28)/p+1/t17-/m1/s1. The predicted octanol–water partition coefficient (Wildman–Crippen LogP) is 4.30. The number of para-hydroxylation sites is 4. The van der Waals surface area contributed by atoms with Gasteiger partial charge in [-0.15, -0.1) is 11.3 Å². The van der Waals surface area contributed by atoms with E-state index < -0.39 is 0 Å². The molecule has 5 nitrogen and oxygen atoms in total. The van der Waals surface area contributed by atoms with E-state index in [1.807, 2.05) is 79.8 Å². The molecule has 1 heterocycles. The summed E-state index contributed by atoms with van der Waals surface area (Å²) < 4.78 is 7.11. The second kappa shape index (κ2) is 9.07. The third-order valence-corrected chi connectivity index (χ3v) is 6.21. The number of carbonyl (C=O) groups excluding carboxylic acids is 1. The van der Waals surface area contributed by atoms with Crippen molar-refractivity contribution in [2.45, 2.75) is 13.0 Å². The molecule has 0 aliphatic heterocycles. The first-order valence-corrected chi connectivity index (χ1v) is 10.7. The van der Waals surface area contributed by atoms with Gasteiger partial charge in [-0.05, 0) is 43.3 Å². The van der Waals surface area contributed by atoms with Gasteiger partial charge in [0, 0.05) is 0 Å². The summed E-state index contributed by atoms with van der Waals surface area (Å²) in [7, 11) is 2.02. The summed E-state index contributed by atoms with van der Waals surface area (Å²) in [6, 6.07) is 25.2. The molecular formula is C24H24N3O2S+. The Morgan fingerprint density at radius 3 is 2.53 bits per heavy atom. The molecule has 2 atom stereocenters. The molecule has 0 saturated carbocycles. The average Bonchev–Trinajstić information content (AvgIpc) is 3.19. The van der Waals surface area contributed by atoms with E-state index in [0.29, 0.717) is 18.0 Å². The van der Waals surface area contributed by atoms with Crippen LogP contribution >= 0.6 is 11.3 Å². The Hall–Kier alpha value is -3.22. The third kappa shape index (κ3) is 4.67. The van der Waals surface area contributed by atoms with Gasteiger partial charge in [0.25, 0.3) is 5.91 Å². The molecular weight excluding hydrogens is 394 g/mol. The van der Waals surface area contributed by atoms with Gasteiger partial charge in [0.05, 0.1) is 23.0 Å². The lowest BCUT2D eigenvalue weighted by Gasteiger charge is -2.20.